The van der Waals surface area contributed by atoms with Crippen LogP contribution in [-0.4, -0.2) is 12.7 Å². The Morgan fingerprint density at radius 1 is 0.365 bits per heavy atom. The van der Waals surface area contributed by atoms with Gasteiger partial charge in [-0.1, -0.05) is 226 Å². The van der Waals surface area contributed by atoms with Crippen molar-refractivity contribution in [2.75, 3.05) is 0 Å². The molecule has 0 aromatic heterocycles. The highest BCUT2D eigenvalue weighted by Gasteiger charge is 2.19. The Bertz CT molecular complexity index is 4090. The van der Waals surface area contributed by atoms with E-state index in [0.29, 0.717) is 11.3 Å². The van der Waals surface area contributed by atoms with E-state index in [2.05, 4.69) is 249 Å². The molecular weight excluding hydrogens is 1150 g/mol. The standard InChI is InChI=1S/C33H20BrN.C26H18BO2.C7H3BrIN/c34-26-16-18-27(25(19-26)21-35)24-15-17-30-31(20-24)33(23-11-5-2-6-12-23)29-14-8-7-13-28(29)32(30)22-9-3-1-4-10-22;28-27-29-20-15-16-23-24(17-20)26(19-11-5-2-6-12-19)22-14-8-7-13-21(22)25(23)18-9-3-1-4-10-18;8-6-1-2-7(9)5(3-6)4-10/h1-20H;1-17,28H;1-3H. The van der Waals surface area contributed by atoms with Crippen LogP contribution >= 0.6 is 54.5 Å². The van der Waals surface area contributed by atoms with Gasteiger partial charge in [-0.2, -0.15) is 10.5 Å². The maximum Gasteiger partial charge on any atom is 0.569 e. The molecule has 0 spiro atoms. The second kappa shape index (κ2) is 22.9. The number of benzene rings is 12. The van der Waals surface area contributed by atoms with Crippen LogP contribution in [0.25, 0.3) is 98.7 Å². The Kier molecular flexibility index (Phi) is 15.4. The van der Waals surface area contributed by atoms with Crippen molar-refractivity contribution in [3.63, 3.8) is 0 Å². The van der Waals surface area contributed by atoms with Crippen molar-refractivity contribution in [2.45, 2.75) is 0 Å². The van der Waals surface area contributed by atoms with E-state index in [1.165, 1.54) is 71.3 Å². The highest BCUT2D eigenvalue weighted by atomic mass is 127. The first-order valence-corrected chi connectivity index (χ1v) is 26.4. The molecule has 0 atom stereocenters. The minimum Gasteiger partial charge on any atom is -0.537 e. The van der Waals surface area contributed by atoms with E-state index in [1.807, 2.05) is 60.7 Å². The van der Waals surface area contributed by atoms with Crippen LogP contribution in [0.3, 0.4) is 0 Å². The van der Waals surface area contributed by atoms with Crippen LogP contribution in [0.4, 0.5) is 0 Å². The first-order chi connectivity index (χ1) is 36.3. The molecule has 1 N–H and O–H groups in total. The fraction of sp³-hybridized carbons (Fsp3) is 0. The molecule has 0 aliphatic rings. The fourth-order valence-electron chi connectivity index (χ4n) is 9.74. The zero-order chi connectivity index (χ0) is 51.0. The number of halogens is 3. The van der Waals surface area contributed by atoms with E-state index in [-0.39, 0.29) is 0 Å². The maximum atomic E-state index is 9.81. The Hall–Kier alpha value is -7.83. The molecular formula is C66H41BBr2IN2O2. The van der Waals surface area contributed by atoms with Crippen molar-refractivity contribution >= 4 is 105 Å². The second-order valence-corrected chi connectivity index (χ2v) is 20.3. The van der Waals surface area contributed by atoms with Gasteiger partial charge in [-0.25, -0.2) is 0 Å². The molecule has 8 heteroatoms. The fourth-order valence-corrected chi connectivity index (χ4v) is 10.9. The molecule has 12 aromatic rings. The SMILES string of the molecule is N#Cc1cc(Br)ccc1-c1ccc2c(-c3ccccc3)c3ccccc3c(-c3ccccc3)c2c1.N#Cc1cc(Br)ccc1I.O[B]Oc1ccc2c(-c3ccccc3)c3ccccc3c(-c3ccccc3)c2c1. The summed E-state index contributed by atoms with van der Waals surface area (Å²) in [4.78, 5) is 0. The molecule has 0 aliphatic carbocycles. The summed E-state index contributed by atoms with van der Waals surface area (Å²) >= 11 is 8.92. The van der Waals surface area contributed by atoms with E-state index in [9.17, 15) is 5.26 Å². The summed E-state index contributed by atoms with van der Waals surface area (Å²) in [7, 11) is 0.725. The van der Waals surface area contributed by atoms with Crippen LogP contribution in [0.15, 0.2) is 252 Å². The van der Waals surface area contributed by atoms with Crippen molar-refractivity contribution in [3.05, 3.63) is 266 Å². The second-order valence-electron chi connectivity index (χ2n) is 17.3. The normalized spacial score (nSPS) is 10.7. The highest BCUT2D eigenvalue weighted by Crippen LogP contribution is 2.46. The molecule has 12 rings (SSSR count). The maximum absolute atomic E-state index is 9.81. The number of nitriles is 2. The van der Waals surface area contributed by atoms with E-state index in [4.69, 9.17) is 14.9 Å². The summed E-state index contributed by atoms with van der Waals surface area (Å²) in [5, 5.41) is 37.0. The predicted octanol–water partition coefficient (Wildman–Crippen LogP) is 18.8. The number of hydrogen-bond donors (Lipinski definition) is 1. The molecule has 74 heavy (non-hydrogen) atoms. The molecule has 0 heterocycles. The zero-order valence-corrected chi connectivity index (χ0v) is 44.9. The number of nitrogens with zero attached hydrogens (tertiary/aromatic N) is 2. The predicted molar refractivity (Wildman–Crippen MR) is 323 cm³/mol. The third-order valence-electron chi connectivity index (χ3n) is 12.9. The smallest absolute Gasteiger partial charge is 0.537 e. The van der Waals surface area contributed by atoms with E-state index >= 15 is 0 Å². The molecule has 351 valence electrons. The summed E-state index contributed by atoms with van der Waals surface area (Å²) in [5.41, 5.74) is 12.9. The minimum absolute atomic E-state index is 0.603. The molecule has 0 amide bonds. The summed E-state index contributed by atoms with van der Waals surface area (Å²) in [6.07, 6.45) is 0. The van der Waals surface area contributed by atoms with Gasteiger partial charge in [0.1, 0.15) is 11.8 Å². The van der Waals surface area contributed by atoms with Crippen LogP contribution in [-0.2, 0) is 0 Å². The largest absolute Gasteiger partial charge is 0.569 e. The van der Waals surface area contributed by atoms with Crippen LogP contribution in [0, 0.1) is 26.2 Å². The lowest BCUT2D eigenvalue weighted by molar-refractivity contribution is 0.454. The Labute approximate surface area is 461 Å². The lowest BCUT2D eigenvalue weighted by atomic mass is 9.84. The molecule has 0 fully saturated rings. The van der Waals surface area contributed by atoms with Crippen molar-refractivity contribution in [1.29, 1.82) is 10.5 Å². The van der Waals surface area contributed by atoms with E-state index in [0.717, 1.165) is 53.2 Å². The third-order valence-corrected chi connectivity index (χ3v) is 14.8. The number of hydrogen-bond acceptors (Lipinski definition) is 4. The molecule has 0 bridgehead atoms. The van der Waals surface area contributed by atoms with Crippen molar-refractivity contribution in [1.82, 2.24) is 0 Å². The van der Waals surface area contributed by atoms with Crippen molar-refractivity contribution in [3.8, 4) is 73.5 Å². The molecule has 0 saturated heterocycles. The Morgan fingerprint density at radius 2 is 0.730 bits per heavy atom. The van der Waals surface area contributed by atoms with Gasteiger partial charge in [-0.05, 0) is 170 Å². The lowest BCUT2D eigenvalue weighted by Crippen LogP contribution is -2.00. The highest BCUT2D eigenvalue weighted by molar-refractivity contribution is 14.1. The molecule has 0 saturated carbocycles. The Morgan fingerprint density at radius 3 is 1.15 bits per heavy atom. The zero-order valence-electron chi connectivity index (χ0n) is 39.6. The summed E-state index contributed by atoms with van der Waals surface area (Å²) in [6, 6.07) is 87.9. The minimum atomic E-state index is 0.603. The van der Waals surface area contributed by atoms with E-state index < -0.39 is 0 Å². The van der Waals surface area contributed by atoms with Gasteiger partial charge < -0.3 is 9.68 Å². The van der Waals surface area contributed by atoms with Gasteiger partial charge in [0, 0.05) is 12.5 Å². The molecule has 4 nitrogen and oxygen atoms in total. The third kappa shape index (κ3) is 10.4. The summed E-state index contributed by atoms with van der Waals surface area (Å²) in [5.74, 6) is 0.603. The summed E-state index contributed by atoms with van der Waals surface area (Å²) < 4.78 is 8.13. The van der Waals surface area contributed by atoms with Gasteiger partial charge in [0.15, 0.2) is 0 Å². The number of fused-ring (bicyclic) bond motifs is 4. The quantitative estimate of drug-likeness (QED) is 0.0980. The van der Waals surface area contributed by atoms with Gasteiger partial charge in [0.2, 0.25) is 0 Å². The van der Waals surface area contributed by atoms with Gasteiger partial charge >= 0.3 is 7.69 Å². The van der Waals surface area contributed by atoms with Gasteiger partial charge in [-0.3, -0.25) is 0 Å². The topological polar surface area (TPSA) is 77.0 Å². The van der Waals surface area contributed by atoms with Crippen LogP contribution in [0.1, 0.15) is 11.1 Å². The molecule has 0 aliphatic heterocycles. The molecule has 12 aromatic carbocycles. The average molecular weight is 1190 g/mol. The molecule has 0 unspecified atom stereocenters. The lowest BCUT2D eigenvalue weighted by Gasteiger charge is -2.19. The Balaban J connectivity index is 0.000000145. The van der Waals surface area contributed by atoms with Gasteiger partial charge in [0.25, 0.3) is 0 Å². The number of rotatable bonds is 7. The van der Waals surface area contributed by atoms with E-state index in [1.54, 1.807) is 0 Å². The van der Waals surface area contributed by atoms with Gasteiger partial charge in [0.05, 0.1) is 17.2 Å². The van der Waals surface area contributed by atoms with Crippen LogP contribution < -0.4 is 4.65 Å². The van der Waals surface area contributed by atoms with Crippen LogP contribution in [0.2, 0.25) is 0 Å². The summed E-state index contributed by atoms with van der Waals surface area (Å²) in [6.45, 7) is 0. The van der Waals surface area contributed by atoms with Gasteiger partial charge in [-0.15, -0.1) is 0 Å². The first-order valence-electron chi connectivity index (χ1n) is 23.7. The van der Waals surface area contributed by atoms with Crippen LogP contribution in [0.5, 0.6) is 5.75 Å². The van der Waals surface area contributed by atoms with Crippen molar-refractivity contribution in [2.24, 2.45) is 0 Å². The monoisotopic (exact) mass is 1190 g/mol. The average Bonchev–Trinajstić information content (AvgIpc) is 3.48. The first kappa shape index (κ1) is 49.7. The van der Waals surface area contributed by atoms with Crippen molar-refractivity contribution < 1.29 is 9.68 Å². The molecule has 1 radical (unpaired) electrons.